The highest BCUT2D eigenvalue weighted by atomic mass is 35.5. The molecule has 0 amide bonds. The number of aromatic nitrogens is 3. The Morgan fingerprint density at radius 3 is 3.12 bits per heavy atom. The fourth-order valence-corrected chi connectivity index (χ4v) is 3.61. The Hall–Kier alpha value is -2.58. The minimum absolute atomic E-state index is 0.176. The number of nitrogens with zero attached hydrogens (tertiary/aromatic N) is 4. The van der Waals surface area contributed by atoms with Gasteiger partial charge in [0.25, 0.3) is 5.56 Å². The molecule has 4 heterocycles. The van der Waals surface area contributed by atoms with E-state index in [-0.39, 0.29) is 10.6 Å². The Morgan fingerprint density at radius 1 is 1.38 bits per heavy atom. The van der Waals surface area contributed by atoms with Crippen molar-refractivity contribution >= 4 is 17.3 Å². The van der Waals surface area contributed by atoms with Gasteiger partial charge in [0.1, 0.15) is 5.02 Å². The van der Waals surface area contributed by atoms with Crippen molar-refractivity contribution in [3.05, 3.63) is 62.6 Å². The van der Waals surface area contributed by atoms with Crippen LogP contribution in [0.15, 0.2) is 40.7 Å². The third kappa shape index (κ3) is 3.02. The topological polar surface area (TPSA) is 89.2 Å². The molecule has 9 heteroatoms. The van der Waals surface area contributed by atoms with E-state index in [0.717, 1.165) is 37.3 Å². The minimum atomic E-state index is -0.369. The number of hydrogen-bond donors (Lipinski definition) is 3. The molecule has 0 atom stereocenters. The number of H-pyrrole nitrogens is 1. The highest BCUT2D eigenvalue weighted by Gasteiger charge is 2.29. The van der Waals surface area contributed by atoms with E-state index in [0.29, 0.717) is 12.2 Å². The zero-order valence-electron chi connectivity index (χ0n) is 14.4. The zero-order valence-corrected chi connectivity index (χ0v) is 15.2. The first-order valence-electron chi connectivity index (χ1n) is 8.59. The Labute approximate surface area is 155 Å². The molecule has 26 heavy (non-hydrogen) atoms. The maximum Gasteiger partial charge on any atom is 0.285 e. The van der Waals surface area contributed by atoms with E-state index in [1.165, 1.54) is 11.3 Å². The van der Waals surface area contributed by atoms with Gasteiger partial charge in [-0.3, -0.25) is 14.8 Å². The molecule has 8 nitrogen and oxygen atoms in total. The zero-order chi connectivity index (χ0) is 18.1. The highest BCUT2D eigenvalue weighted by molar-refractivity contribution is 6.33. The molecule has 3 N–H and O–H groups in total. The first kappa shape index (κ1) is 16.9. The van der Waals surface area contributed by atoms with Crippen molar-refractivity contribution < 1.29 is 0 Å². The van der Waals surface area contributed by atoms with Gasteiger partial charge in [0.05, 0.1) is 36.4 Å². The lowest BCUT2D eigenvalue weighted by Gasteiger charge is -2.31. The average molecular weight is 374 g/mol. The molecule has 136 valence electrons. The van der Waals surface area contributed by atoms with Crippen molar-refractivity contribution in [3.63, 3.8) is 0 Å². The van der Waals surface area contributed by atoms with E-state index < -0.39 is 0 Å². The van der Waals surface area contributed by atoms with Gasteiger partial charge in [-0.25, -0.2) is 5.10 Å². The van der Waals surface area contributed by atoms with Crippen LogP contribution in [-0.2, 0) is 13.0 Å². The molecule has 0 bridgehead atoms. The van der Waals surface area contributed by atoms with Crippen LogP contribution in [0.25, 0.3) is 0 Å². The minimum Gasteiger partial charge on any atom is -0.363 e. The molecule has 0 radical (unpaired) electrons. The van der Waals surface area contributed by atoms with Crippen molar-refractivity contribution in [2.75, 3.05) is 18.0 Å². The number of nitrogens with one attached hydrogen (secondary N) is 3. The number of anilines is 1. The van der Waals surface area contributed by atoms with Crippen molar-refractivity contribution in [2.24, 2.45) is 0 Å². The number of halogens is 1. The SMILES string of the molecule is CCc1ncccc1CN1NNC2=C1CCN(c1cn[nH]c(=O)c1Cl)C2. The summed E-state index contributed by atoms with van der Waals surface area (Å²) in [7, 11) is 0. The fourth-order valence-electron chi connectivity index (χ4n) is 3.40. The Bertz CT molecular complexity index is 910. The maximum atomic E-state index is 11.7. The van der Waals surface area contributed by atoms with E-state index in [4.69, 9.17) is 11.6 Å². The molecule has 2 aromatic heterocycles. The molecule has 0 spiro atoms. The van der Waals surface area contributed by atoms with Crippen molar-refractivity contribution in [1.29, 1.82) is 0 Å². The van der Waals surface area contributed by atoms with Crippen LogP contribution in [0.1, 0.15) is 24.6 Å². The second kappa shape index (κ2) is 6.97. The summed E-state index contributed by atoms with van der Waals surface area (Å²) in [5.41, 5.74) is 11.4. The molecular weight excluding hydrogens is 354 g/mol. The second-order valence-corrected chi connectivity index (χ2v) is 6.66. The molecule has 2 aliphatic rings. The van der Waals surface area contributed by atoms with Crippen LogP contribution in [0.4, 0.5) is 5.69 Å². The molecule has 0 saturated carbocycles. The Balaban J connectivity index is 1.53. The summed E-state index contributed by atoms with van der Waals surface area (Å²) in [6.07, 6.45) is 5.17. The molecule has 0 fully saturated rings. The van der Waals surface area contributed by atoms with Crippen LogP contribution < -0.4 is 21.4 Å². The van der Waals surface area contributed by atoms with Crippen molar-refractivity contribution in [2.45, 2.75) is 26.3 Å². The summed E-state index contributed by atoms with van der Waals surface area (Å²) in [6, 6.07) is 4.08. The molecule has 2 aliphatic heterocycles. The highest BCUT2D eigenvalue weighted by Crippen LogP contribution is 2.29. The predicted octanol–water partition coefficient (Wildman–Crippen LogP) is 1.33. The number of pyridine rings is 1. The van der Waals surface area contributed by atoms with Crippen molar-refractivity contribution in [3.8, 4) is 0 Å². The van der Waals surface area contributed by atoms with Gasteiger partial charge in [0.15, 0.2) is 0 Å². The smallest absolute Gasteiger partial charge is 0.285 e. The lowest BCUT2D eigenvalue weighted by Crippen LogP contribution is -2.37. The Morgan fingerprint density at radius 2 is 2.27 bits per heavy atom. The van der Waals surface area contributed by atoms with E-state index in [9.17, 15) is 4.79 Å². The third-order valence-electron chi connectivity index (χ3n) is 4.75. The first-order chi connectivity index (χ1) is 12.7. The van der Waals surface area contributed by atoms with Crippen LogP contribution in [0.2, 0.25) is 5.02 Å². The monoisotopic (exact) mass is 373 g/mol. The molecule has 2 aromatic rings. The van der Waals surface area contributed by atoms with E-state index >= 15 is 0 Å². The van der Waals surface area contributed by atoms with Gasteiger partial charge in [0.2, 0.25) is 0 Å². The average Bonchev–Trinajstić information content (AvgIpc) is 3.06. The summed E-state index contributed by atoms with van der Waals surface area (Å²) in [5, 5.41) is 8.52. The van der Waals surface area contributed by atoms with Gasteiger partial charge in [-0.05, 0) is 18.1 Å². The molecule has 4 rings (SSSR count). The summed E-state index contributed by atoms with van der Waals surface area (Å²) in [4.78, 5) is 18.2. The van der Waals surface area contributed by atoms with Gasteiger partial charge in [-0.15, -0.1) is 5.53 Å². The summed E-state index contributed by atoms with van der Waals surface area (Å²) in [5.74, 6) is 0. The molecule has 0 unspecified atom stereocenters. The first-order valence-corrected chi connectivity index (χ1v) is 8.97. The number of hydrazine groups is 2. The largest absolute Gasteiger partial charge is 0.363 e. The van der Waals surface area contributed by atoms with E-state index in [1.54, 1.807) is 6.20 Å². The lowest BCUT2D eigenvalue weighted by molar-refractivity contribution is 0.236. The standard InChI is InChI=1S/C17H20ClN7O/c1-2-12-11(4-3-6-19-12)9-25-14-5-7-24(10-13(14)21-23-25)15-8-20-22-17(26)16(15)18/h3-4,6,8,21,23H,2,5,7,9-10H2,1H3,(H,22,26). The van der Waals surface area contributed by atoms with Gasteiger partial charge in [-0.1, -0.05) is 24.6 Å². The van der Waals surface area contributed by atoms with Crippen LogP contribution in [0.5, 0.6) is 0 Å². The molecule has 0 aromatic carbocycles. The predicted molar refractivity (Wildman–Crippen MR) is 99.2 cm³/mol. The third-order valence-corrected chi connectivity index (χ3v) is 5.11. The van der Waals surface area contributed by atoms with Gasteiger partial charge < -0.3 is 10.3 Å². The van der Waals surface area contributed by atoms with Crippen LogP contribution in [0.3, 0.4) is 0 Å². The van der Waals surface area contributed by atoms with Crippen LogP contribution in [0, 0.1) is 0 Å². The molecular formula is C17H20ClN7O. The number of aromatic amines is 1. The number of hydrogen-bond acceptors (Lipinski definition) is 7. The second-order valence-electron chi connectivity index (χ2n) is 6.28. The fraction of sp³-hybridized carbons (Fsp3) is 0.353. The number of aryl methyl sites for hydroxylation is 1. The van der Waals surface area contributed by atoms with Gasteiger partial charge >= 0.3 is 0 Å². The summed E-state index contributed by atoms with van der Waals surface area (Å²) < 4.78 is 0. The normalized spacial score (nSPS) is 16.7. The van der Waals surface area contributed by atoms with Crippen LogP contribution in [-0.4, -0.2) is 33.3 Å². The molecule has 0 aliphatic carbocycles. The maximum absolute atomic E-state index is 11.7. The van der Waals surface area contributed by atoms with Gasteiger partial charge in [0, 0.05) is 24.9 Å². The number of rotatable bonds is 4. The van der Waals surface area contributed by atoms with Crippen LogP contribution >= 0.6 is 11.6 Å². The Kier molecular flexibility index (Phi) is 4.52. The van der Waals surface area contributed by atoms with E-state index in [1.807, 2.05) is 12.3 Å². The molecule has 0 saturated heterocycles. The van der Waals surface area contributed by atoms with Crippen molar-refractivity contribution in [1.82, 2.24) is 31.2 Å². The van der Waals surface area contributed by atoms with Gasteiger partial charge in [-0.2, -0.15) is 5.10 Å². The van der Waals surface area contributed by atoms with E-state index in [2.05, 4.69) is 49.0 Å². The summed E-state index contributed by atoms with van der Waals surface area (Å²) >= 11 is 6.14. The lowest BCUT2D eigenvalue weighted by atomic mass is 10.1. The summed E-state index contributed by atoms with van der Waals surface area (Å²) in [6.45, 7) is 4.26. The quantitative estimate of drug-likeness (QED) is 0.744.